The first-order valence-electron chi connectivity index (χ1n) is 6.34. The van der Waals surface area contributed by atoms with Crippen LogP contribution in [0.1, 0.15) is 5.56 Å². The second kappa shape index (κ2) is 7.75. The lowest BCUT2D eigenvalue weighted by Gasteiger charge is -2.04. The van der Waals surface area contributed by atoms with E-state index in [4.69, 9.17) is 11.6 Å². The van der Waals surface area contributed by atoms with E-state index in [1.165, 1.54) is 12.3 Å². The SMILES string of the molecule is O=C(N/N=C/c1cc(Br)ccc1O)C(=O)Nc1ccc(Cl)cc1. The van der Waals surface area contributed by atoms with Gasteiger partial charge in [-0.25, -0.2) is 5.43 Å². The number of carbonyl (C=O) groups is 2. The zero-order chi connectivity index (χ0) is 16.8. The summed E-state index contributed by atoms with van der Waals surface area (Å²) in [5, 5.41) is 16.2. The largest absolute Gasteiger partial charge is 0.507 e. The van der Waals surface area contributed by atoms with Crippen LogP contribution in [0.5, 0.6) is 5.75 Å². The third-order valence-electron chi connectivity index (χ3n) is 2.67. The van der Waals surface area contributed by atoms with E-state index in [9.17, 15) is 14.7 Å². The Balaban J connectivity index is 1.93. The van der Waals surface area contributed by atoms with E-state index in [2.05, 4.69) is 31.8 Å². The molecule has 0 fully saturated rings. The topological polar surface area (TPSA) is 90.8 Å². The molecule has 2 aromatic rings. The van der Waals surface area contributed by atoms with Gasteiger partial charge in [0.25, 0.3) is 0 Å². The number of nitrogens with zero attached hydrogens (tertiary/aromatic N) is 1. The molecule has 0 saturated heterocycles. The molecule has 0 unspecified atom stereocenters. The van der Waals surface area contributed by atoms with Crippen molar-refractivity contribution in [1.82, 2.24) is 5.43 Å². The molecule has 23 heavy (non-hydrogen) atoms. The Morgan fingerprint density at radius 3 is 2.52 bits per heavy atom. The molecule has 0 saturated carbocycles. The summed E-state index contributed by atoms with van der Waals surface area (Å²) in [6.07, 6.45) is 1.23. The zero-order valence-electron chi connectivity index (χ0n) is 11.6. The maximum Gasteiger partial charge on any atom is 0.329 e. The summed E-state index contributed by atoms with van der Waals surface area (Å²) >= 11 is 8.98. The van der Waals surface area contributed by atoms with E-state index in [-0.39, 0.29) is 5.75 Å². The number of amides is 2. The summed E-state index contributed by atoms with van der Waals surface area (Å²) in [5.74, 6) is -1.81. The highest BCUT2D eigenvalue weighted by molar-refractivity contribution is 9.10. The molecule has 6 nitrogen and oxygen atoms in total. The van der Waals surface area contributed by atoms with Gasteiger partial charge in [-0.2, -0.15) is 5.10 Å². The van der Waals surface area contributed by atoms with Crippen molar-refractivity contribution in [2.75, 3.05) is 5.32 Å². The first kappa shape index (κ1) is 17.0. The number of phenolic OH excluding ortho intramolecular Hbond substituents is 1. The predicted molar refractivity (Wildman–Crippen MR) is 91.6 cm³/mol. The molecule has 0 aliphatic rings. The fraction of sp³-hybridized carbons (Fsp3) is 0. The monoisotopic (exact) mass is 395 g/mol. The van der Waals surface area contributed by atoms with Crippen molar-refractivity contribution in [1.29, 1.82) is 0 Å². The molecule has 2 aromatic carbocycles. The maximum absolute atomic E-state index is 11.7. The molecular formula is C15H11BrClN3O3. The van der Waals surface area contributed by atoms with Crippen LogP contribution in [0.3, 0.4) is 0 Å². The van der Waals surface area contributed by atoms with Crippen LogP contribution in [0.4, 0.5) is 5.69 Å². The van der Waals surface area contributed by atoms with Gasteiger partial charge in [0.15, 0.2) is 0 Å². The number of aromatic hydroxyl groups is 1. The summed E-state index contributed by atoms with van der Waals surface area (Å²) in [6.45, 7) is 0. The molecule has 0 aliphatic heterocycles. The maximum atomic E-state index is 11.7. The minimum atomic E-state index is -0.939. The van der Waals surface area contributed by atoms with Crippen molar-refractivity contribution < 1.29 is 14.7 Å². The first-order chi connectivity index (χ1) is 11.0. The molecular weight excluding hydrogens is 386 g/mol. The Bertz CT molecular complexity index is 763. The molecule has 2 rings (SSSR count). The normalized spacial score (nSPS) is 10.5. The van der Waals surface area contributed by atoms with Gasteiger partial charge in [0.05, 0.1) is 6.21 Å². The van der Waals surface area contributed by atoms with Crippen LogP contribution < -0.4 is 10.7 Å². The second-order valence-corrected chi connectivity index (χ2v) is 5.72. The highest BCUT2D eigenvalue weighted by atomic mass is 79.9. The predicted octanol–water partition coefficient (Wildman–Crippen LogP) is 2.90. The average Bonchev–Trinajstić information content (AvgIpc) is 2.52. The van der Waals surface area contributed by atoms with E-state index in [0.29, 0.717) is 16.3 Å². The summed E-state index contributed by atoms with van der Waals surface area (Å²) in [5.41, 5.74) is 2.90. The fourth-order valence-corrected chi connectivity index (χ4v) is 2.07. The van der Waals surface area contributed by atoms with Crippen molar-refractivity contribution in [3.05, 3.63) is 57.5 Å². The van der Waals surface area contributed by atoms with E-state index < -0.39 is 11.8 Å². The lowest BCUT2D eigenvalue weighted by Crippen LogP contribution is -2.32. The third kappa shape index (κ3) is 5.08. The number of rotatable bonds is 3. The first-order valence-corrected chi connectivity index (χ1v) is 7.51. The zero-order valence-corrected chi connectivity index (χ0v) is 13.9. The van der Waals surface area contributed by atoms with Gasteiger partial charge < -0.3 is 10.4 Å². The average molecular weight is 397 g/mol. The Labute approximate surface area is 145 Å². The van der Waals surface area contributed by atoms with Crippen LogP contribution in [0.2, 0.25) is 5.02 Å². The van der Waals surface area contributed by atoms with Crippen molar-refractivity contribution in [3.63, 3.8) is 0 Å². The van der Waals surface area contributed by atoms with E-state index in [0.717, 1.165) is 4.47 Å². The molecule has 118 valence electrons. The van der Waals surface area contributed by atoms with Gasteiger partial charge in [0.2, 0.25) is 0 Å². The van der Waals surface area contributed by atoms with Gasteiger partial charge in [-0.1, -0.05) is 27.5 Å². The lowest BCUT2D eigenvalue weighted by molar-refractivity contribution is -0.136. The Morgan fingerprint density at radius 2 is 1.83 bits per heavy atom. The summed E-state index contributed by atoms with van der Waals surface area (Å²) in [4.78, 5) is 23.3. The summed E-state index contributed by atoms with van der Waals surface area (Å²) in [7, 11) is 0. The van der Waals surface area contributed by atoms with Gasteiger partial charge in [-0.15, -0.1) is 0 Å². The number of nitrogens with one attached hydrogen (secondary N) is 2. The van der Waals surface area contributed by atoms with Crippen LogP contribution >= 0.6 is 27.5 Å². The molecule has 0 radical (unpaired) electrons. The fourth-order valence-electron chi connectivity index (χ4n) is 1.56. The van der Waals surface area contributed by atoms with Crippen molar-refractivity contribution in [3.8, 4) is 5.75 Å². The van der Waals surface area contributed by atoms with Gasteiger partial charge in [0, 0.05) is 20.7 Å². The lowest BCUT2D eigenvalue weighted by atomic mass is 10.2. The number of benzene rings is 2. The smallest absolute Gasteiger partial charge is 0.329 e. The number of halogens is 2. The van der Waals surface area contributed by atoms with Crippen molar-refractivity contribution in [2.45, 2.75) is 0 Å². The molecule has 0 aromatic heterocycles. The number of anilines is 1. The van der Waals surface area contributed by atoms with Gasteiger partial charge in [-0.3, -0.25) is 9.59 Å². The molecule has 2 amide bonds. The minimum Gasteiger partial charge on any atom is -0.507 e. The van der Waals surface area contributed by atoms with Crippen LogP contribution in [0, 0.1) is 0 Å². The highest BCUT2D eigenvalue weighted by Gasteiger charge is 2.12. The number of hydrogen-bond donors (Lipinski definition) is 3. The quantitative estimate of drug-likeness (QED) is 0.423. The highest BCUT2D eigenvalue weighted by Crippen LogP contribution is 2.19. The van der Waals surface area contributed by atoms with Gasteiger partial charge in [-0.05, 0) is 42.5 Å². The van der Waals surface area contributed by atoms with Crippen LogP contribution in [-0.4, -0.2) is 23.1 Å². The minimum absolute atomic E-state index is 0.00295. The molecule has 8 heteroatoms. The number of carbonyl (C=O) groups excluding carboxylic acids is 2. The number of hydrazone groups is 1. The molecule has 0 spiro atoms. The molecule has 0 bridgehead atoms. The molecule has 3 N–H and O–H groups in total. The molecule has 0 atom stereocenters. The molecule has 0 aliphatic carbocycles. The standard InChI is InChI=1S/C15H11BrClN3O3/c16-10-1-6-13(21)9(7-10)8-18-20-15(23)14(22)19-12-4-2-11(17)3-5-12/h1-8,21H,(H,19,22)(H,20,23)/b18-8+. The number of hydrogen-bond acceptors (Lipinski definition) is 4. The Kier molecular flexibility index (Phi) is 5.72. The number of phenols is 1. The van der Waals surface area contributed by atoms with Crippen LogP contribution in [-0.2, 0) is 9.59 Å². The van der Waals surface area contributed by atoms with Crippen LogP contribution in [0.15, 0.2) is 52.0 Å². The summed E-state index contributed by atoms with van der Waals surface area (Å²) < 4.78 is 0.739. The second-order valence-electron chi connectivity index (χ2n) is 4.36. The Morgan fingerprint density at radius 1 is 1.13 bits per heavy atom. The van der Waals surface area contributed by atoms with E-state index >= 15 is 0 Å². The van der Waals surface area contributed by atoms with Crippen LogP contribution in [0.25, 0.3) is 0 Å². The van der Waals surface area contributed by atoms with Gasteiger partial charge in [0.1, 0.15) is 5.75 Å². The van der Waals surface area contributed by atoms with Crippen molar-refractivity contribution in [2.24, 2.45) is 5.10 Å². The van der Waals surface area contributed by atoms with E-state index in [1.54, 1.807) is 36.4 Å². The Hall–Kier alpha value is -2.38. The van der Waals surface area contributed by atoms with Crippen molar-refractivity contribution >= 4 is 51.2 Å². The molecule has 0 heterocycles. The van der Waals surface area contributed by atoms with Gasteiger partial charge >= 0.3 is 11.8 Å². The summed E-state index contributed by atoms with van der Waals surface area (Å²) in [6, 6.07) is 11.0. The van der Waals surface area contributed by atoms with E-state index in [1.807, 2.05) is 0 Å². The third-order valence-corrected chi connectivity index (χ3v) is 3.41.